The van der Waals surface area contributed by atoms with E-state index in [1.807, 2.05) is 38.1 Å². The second kappa shape index (κ2) is 6.32. The Labute approximate surface area is 148 Å². The van der Waals surface area contributed by atoms with Gasteiger partial charge in [-0.05, 0) is 38.1 Å². The molecule has 0 saturated heterocycles. The standard InChI is InChI=1S/C18H16N6O2/c1-10-7-12(11(2)26-10)14-9-17(24-21-14)20-18(25)16-8-15(22-23-16)13-5-3-4-6-19-13/h3-9H,1-2H3,(H,22,23)(H2,20,21,24,25). The van der Waals surface area contributed by atoms with Crippen LogP contribution in [0.3, 0.4) is 0 Å². The molecule has 0 unspecified atom stereocenters. The van der Waals surface area contributed by atoms with E-state index in [0.29, 0.717) is 22.9 Å². The molecule has 0 radical (unpaired) electrons. The molecular formula is C18H16N6O2. The van der Waals surface area contributed by atoms with Crippen molar-refractivity contribution in [2.45, 2.75) is 13.8 Å². The molecule has 0 aliphatic rings. The van der Waals surface area contributed by atoms with Gasteiger partial charge in [0.15, 0.2) is 5.82 Å². The average Bonchev–Trinajstić information content (AvgIpc) is 3.35. The van der Waals surface area contributed by atoms with E-state index in [1.54, 1.807) is 18.3 Å². The first-order valence-electron chi connectivity index (χ1n) is 8.01. The average molecular weight is 348 g/mol. The number of hydrogen-bond donors (Lipinski definition) is 3. The molecule has 0 spiro atoms. The zero-order valence-electron chi connectivity index (χ0n) is 14.2. The number of H-pyrrole nitrogens is 2. The van der Waals surface area contributed by atoms with E-state index in [4.69, 9.17) is 4.42 Å². The van der Waals surface area contributed by atoms with Crippen LogP contribution in [0.4, 0.5) is 5.82 Å². The molecule has 0 fully saturated rings. The van der Waals surface area contributed by atoms with Crippen LogP contribution in [-0.2, 0) is 0 Å². The molecule has 0 aliphatic carbocycles. The summed E-state index contributed by atoms with van der Waals surface area (Å²) in [6, 6.07) is 10.8. The van der Waals surface area contributed by atoms with Gasteiger partial charge in [-0.3, -0.25) is 20.0 Å². The first kappa shape index (κ1) is 15.8. The summed E-state index contributed by atoms with van der Waals surface area (Å²) in [7, 11) is 0. The summed E-state index contributed by atoms with van der Waals surface area (Å²) in [4.78, 5) is 16.6. The molecule has 8 nitrogen and oxygen atoms in total. The van der Waals surface area contributed by atoms with Crippen molar-refractivity contribution >= 4 is 11.7 Å². The lowest BCUT2D eigenvalue weighted by Crippen LogP contribution is -2.12. The molecule has 4 aromatic rings. The third kappa shape index (κ3) is 3.00. The predicted molar refractivity (Wildman–Crippen MR) is 95.5 cm³/mol. The third-order valence-electron chi connectivity index (χ3n) is 3.90. The van der Waals surface area contributed by atoms with Crippen molar-refractivity contribution < 1.29 is 9.21 Å². The number of carbonyl (C=O) groups excluding carboxylic acids is 1. The maximum absolute atomic E-state index is 12.4. The molecular weight excluding hydrogens is 332 g/mol. The number of pyridine rings is 1. The number of amides is 1. The van der Waals surface area contributed by atoms with Gasteiger partial charge >= 0.3 is 0 Å². The van der Waals surface area contributed by atoms with Gasteiger partial charge in [-0.25, -0.2) is 0 Å². The fraction of sp³-hybridized carbons (Fsp3) is 0.111. The highest BCUT2D eigenvalue weighted by Crippen LogP contribution is 2.26. The van der Waals surface area contributed by atoms with Gasteiger partial charge in [0.05, 0.1) is 11.4 Å². The lowest BCUT2D eigenvalue weighted by Gasteiger charge is -1.97. The molecule has 0 bridgehead atoms. The summed E-state index contributed by atoms with van der Waals surface area (Å²) in [6.45, 7) is 3.76. The van der Waals surface area contributed by atoms with Gasteiger partial charge in [-0.15, -0.1) is 0 Å². The van der Waals surface area contributed by atoms with E-state index < -0.39 is 0 Å². The summed E-state index contributed by atoms with van der Waals surface area (Å²) in [5.74, 6) is 1.69. The molecule has 1 amide bonds. The first-order valence-corrected chi connectivity index (χ1v) is 8.01. The molecule has 0 saturated carbocycles. The Morgan fingerprint density at radius 3 is 2.69 bits per heavy atom. The van der Waals surface area contributed by atoms with Crippen LogP contribution in [-0.4, -0.2) is 31.3 Å². The van der Waals surface area contributed by atoms with Crippen LogP contribution in [0.2, 0.25) is 0 Å². The van der Waals surface area contributed by atoms with E-state index in [9.17, 15) is 4.79 Å². The number of carbonyl (C=O) groups is 1. The van der Waals surface area contributed by atoms with Gasteiger partial charge in [0.2, 0.25) is 0 Å². The second-order valence-corrected chi connectivity index (χ2v) is 5.83. The number of nitrogens with zero attached hydrogens (tertiary/aromatic N) is 3. The highest BCUT2D eigenvalue weighted by molar-refractivity contribution is 6.03. The van der Waals surface area contributed by atoms with Crippen LogP contribution in [0.1, 0.15) is 22.0 Å². The maximum Gasteiger partial charge on any atom is 0.274 e. The molecule has 8 heteroatoms. The topological polar surface area (TPSA) is 112 Å². The van der Waals surface area contributed by atoms with Gasteiger partial charge in [-0.2, -0.15) is 10.2 Å². The van der Waals surface area contributed by atoms with E-state index in [1.165, 1.54) is 0 Å². The monoisotopic (exact) mass is 348 g/mol. The number of nitrogens with one attached hydrogen (secondary N) is 3. The third-order valence-corrected chi connectivity index (χ3v) is 3.90. The highest BCUT2D eigenvalue weighted by atomic mass is 16.3. The van der Waals surface area contributed by atoms with Crippen LogP contribution in [0.25, 0.3) is 22.6 Å². The van der Waals surface area contributed by atoms with E-state index >= 15 is 0 Å². The Morgan fingerprint density at radius 1 is 1.08 bits per heavy atom. The number of aromatic amines is 2. The highest BCUT2D eigenvalue weighted by Gasteiger charge is 2.15. The minimum Gasteiger partial charge on any atom is -0.466 e. The summed E-state index contributed by atoms with van der Waals surface area (Å²) in [6.07, 6.45) is 1.68. The largest absolute Gasteiger partial charge is 0.466 e. The number of aryl methyl sites for hydroxylation is 2. The van der Waals surface area contributed by atoms with Crippen LogP contribution in [0.15, 0.2) is 47.0 Å². The van der Waals surface area contributed by atoms with Gasteiger partial charge in [0.25, 0.3) is 5.91 Å². The first-order chi connectivity index (χ1) is 12.6. The molecule has 4 rings (SSSR count). The van der Waals surface area contributed by atoms with Crippen molar-refractivity contribution in [3.05, 3.63) is 59.8 Å². The fourth-order valence-electron chi connectivity index (χ4n) is 2.69. The molecule has 130 valence electrons. The minimum absolute atomic E-state index is 0.325. The Balaban J connectivity index is 1.51. The summed E-state index contributed by atoms with van der Waals surface area (Å²) in [5, 5.41) is 16.6. The van der Waals surface area contributed by atoms with Crippen LogP contribution >= 0.6 is 0 Å². The normalized spacial score (nSPS) is 10.8. The number of furan rings is 1. The molecule has 0 aromatic carbocycles. The smallest absolute Gasteiger partial charge is 0.274 e. The molecule has 0 aliphatic heterocycles. The molecule has 0 atom stereocenters. The molecule has 3 N–H and O–H groups in total. The van der Waals surface area contributed by atoms with Crippen LogP contribution < -0.4 is 5.32 Å². The van der Waals surface area contributed by atoms with Gasteiger partial charge in [0, 0.05) is 17.8 Å². The van der Waals surface area contributed by atoms with Gasteiger partial charge in [0.1, 0.15) is 22.9 Å². The Bertz CT molecular complexity index is 1060. The zero-order valence-corrected chi connectivity index (χ0v) is 14.2. The second-order valence-electron chi connectivity index (χ2n) is 5.83. The quantitative estimate of drug-likeness (QED) is 0.524. The summed E-state index contributed by atoms with van der Waals surface area (Å²) >= 11 is 0. The molecule has 26 heavy (non-hydrogen) atoms. The summed E-state index contributed by atoms with van der Waals surface area (Å²) in [5.41, 5.74) is 3.30. The number of rotatable bonds is 4. The SMILES string of the molecule is Cc1cc(-c2cc(NC(=O)c3cc(-c4ccccn4)n[nH]3)n[nH]2)c(C)o1. The number of anilines is 1. The van der Waals surface area contributed by atoms with Crippen molar-refractivity contribution in [3.63, 3.8) is 0 Å². The van der Waals surface area contributed by atoms with Crippen LogP contribution in [0, 0.1) is 13.8 Å². The lowest BCUT2D eigenvalue weighted by molar-refractivity contribution is 0.102. The van der Waals surface area contributed by atoms with Crippen LogP contribution in [0.5, 0.6) is 0 Å². The maximum atomic E-state index is 12.4. The lowest BCUT2D eigenvalue weighted by atomic mass is 10.2. The van der Waals surface area contributed by atoms with Crippen molar-refractivity contribution in [2.24, 2.45) is 0 Å². The van der Waals surface area contributed by atoms with Crippen molar-refractivity contribution in [1.82, 2.24) is 25.4 Å². The number of aromatic nitrogens is 5. The molecule has 4 aromatic heterocycles. The van der Waals surface area contributed by atoms with Crippen molar-refractivity contribution in [3.8, 4) is 22.6 Å². The van der Waals surface area contributed by atoms with Gasteiger partial charge < -0.3 is 9.73 Å². The zero-order chi connectivity index (χ0) is 18.1. The van der Waals surface area contributed by atoms with E-state index in [0.717, 1.165) is 22.8 Å². The van der Waals surface area contributed by atoms with Crippen molar-refractivity contribution in [1.29, 1.82) is 0 Å². The fourth-order valence-corrected chi connectivity index (χ4v) is 2.69. The predicted octanol–water partition coefficient (Wildman–Crippen LogP) is 3.32. The minimum atomic E-state index is -0.335. The van der Waals surface area contributed by atoms with Crippen molar-refractivity contribution in [2.75, 3.05) is 5.32 Å². The summed E-state index contributed by atoms with van der Waals surface area (Å²) < 4.78 is 5.52. The van der Waals surface area contributed by atoms with Gasteiger partial charge in [-0.1, -0.05) is 6.07 Å². The number of hydrogen-bond acceptors (Lipinski definition) is 5. The Kier molecular flexibility index (Phi) is 3.85. The Hall–Kier alpha value is -3.68. The van der Waals surface area contributed by atoms with E-state index in [-0.39, 0.29) is 5.91 Å². The Morgan fingerprint density at radius 2 is 1.96 bits per heavy atom. The molecule has 4 heterocycles. The van der Waals surface area contributed by atoms with E-state index in [2.05, 4.69) is 30.7 Å².